The van der Waals surface area contributed by atoms with E-state index in [2.05, 4.69) is 25.5 Å². The minimum Gasteiger partial charge on any atom is -0.346 e. The number of fused-ring (bicyclic) bond motifs is 1. The third-order valence-corrected chi connectivity index (χ3v) is 4.10. The third-order valence-electron chi connectivity index (χ3n) is 4.10. The third kappa shape index (κ3) is 3.11. The standard InChI is InChI=1S/C17H21N5O/c1-4-13(17-19-14-7-5-6-8-15(14)20-17)18-16(23)9-12-10(2)21-22-11(12)3/h5-8,13H,4,9H2,1-3H3,(H,18,23)(H,19,20)(H,21,22)/t13-/m0/s1. The average Bonchev–Trinajstić information content (AvgIpc) is 3.10. The van der Waals surface area contributed by atoms with Crippen LogP contribution in [0.15, 0.2) is 24.3 Å². The monoisotopic (exact) mass is 311 g/mol. The van der Waals surface area contributed by atoms with Gasteiger partial charge in [0.05, 0.1) is 29.2 Å². The largest absolute Gasteiger partial charge is 0.346 e. The predicted octanol–water partition coefficient (Wildman–Crippen LogP) is 2.71. The van der Waals surface area contributed by atoms with Gasteiger partial charge < -0.3 is 10.3 Å². The Morgan fingerprint density at radius 2 is 2.09 bits per heavy atom. The number of nitrogens with one attached hydrogen (secondary N) is 3. The van der Waals surface area contributed by atoms with Crippen molar-refractivity contribution in [2.75, 3.05) is 0 Å². The molecule has 6 nitrogen and oxygen atoms in total. The number of nitrogens with zero attached hydrogens (tertiary/aromatic N) is 2. The fourth-order valence-corrected chi connectivity index (χ4v) is 2.74. The molecule has 3 rings (SSSR count). The van der Waals surface area contributed by atoms with Crippen LogP contribution in [0.4, 0.5) is 0 Å². The van der Waals surface area contributed by atoms with Crippen molar-refractivity contribution in [2.45, 2.75) is 39.7 Å². The maximum atomic E-state index is 12.4. The van der Waals surface area contributed by atoms with Crippen molar-refractivity contribution in [3.63, 3.8) is 0 Å². The Morgan fingerprint density at radius 3 is 2.74 bits per heavy atom. The topological polar surface area (TPSA) is 86.5 Å². The lowest BCUT2D eigenvalue weighted by Crippen LogP contribution is -2.30. The smallest absolute Gasteiger partial charge is 0.225 e. The van der Waals surface area contributed by atoms with Gasteiger partial charge in [-0.2, -0.15) is 5.10 Å². The molecule has 3 N–H and O–H groups in total. The van der Waals surface area contributed by atoms with Crippen LogP contribution in [-0.4, -0.2) is 26.1 Å². The highest BCUT2D eigenvalue weighted by Crippen LogP contribution is 2.19. The number of rotatable bonds is 5. The van der Waals surface area contributed by atoms with Crippen LogP contribution in [0.1, 0.15) is 42.2 Å². The van der Waals surface area contributed by atoms with Gasteiger partial charge >= 0.3 is 0 Å². The van der Waals surface area contributed by atoms with E-state index in [-0.39, 0.29) is 11.9 Å². The fourth-order valence-electron chi connectivity index (χ4n) is 2.74. The van der Waals surface area contributed by atoms with Crippen molar-refractivity contribution in [1.82, 2.24) is 25.5 Å². The first-order valence-corrected chi connectivity index (χ1v) is 7.83. The molecule has 0 unspecified atom stereocenters. The highest BCUT2D eigenvalue weighted by molar-refractivity contribution is 5.80. The van der Waals surface area contributed by atoms with Gasteiger partial charge in [0, 0.05) is 11.3 Å². The van der Waals surface area contributed by atoms with Gasteiger partial charge in [-0.25, -0.2) is 4.98 Å². The number of amides is 1. The summed E-state index contributed by atoms with van der Waals surface area (Å²) in [6.07, 6.45) is 1.10. The van der Waals surface area contributed by atoms with Crippen molar-refractivity contribution in [3.05, 3.63) is 47.0 Å². The number of H-pyrrole nitrogens is 2. The molecule has 0 aliphatic heterocycles. The number of imidazole rings is 1. The van der Waals surface area contributed by atoms with Gasteiger partial charge in [-0.15, -0.1) is 0 Å². The quantitative estimate of drug-likeness (QED) is 0.677. The summed E-state index contributed by atoms with van der Waals surface area (Å²) < 4.78 is 0. The number of aromatic amines is 2. The first kappa shape index (κ1) is 15.3. The summed E-state index contributed by atoms with van der Waals surface area (Å²) in [6, 6.07) is 7.74. The highest BCUT2D eigenvalue weighted by Gasteiger charge is 2.18. The molecule has 2 aromatic heterocycles. The van der Waals surface area contributed by atoms with Crippen LogP contribution in [0.25, 0.3) is 11.0 Å². The maximum Gasteiger partial charge on any atom is 0.225 e. The van der Waals surface area contributed by atoms with E-state index in [0.29, 0.717) is 6.42 Å². The van der Waals surface area contributed by atoms with Gasteiger partial charge in [-0.1, -0.05) is 19.1 Å². The summed E-state index contributed by atoms with van der Waals surface area (Å²) in [5.74, 6) is 0.771. The number of hydrogen-bond acceptors (Lipinski definition) is 3. The van der Waals surface area contributed by atoms with Crippen molar-refractivity contribution in [1.29, 1.82) is 0 Å². The zero-order valence-corrected chi connectivity index (χ0v) is 13.6. The SMILES string of the molecule is CC[C@H](NC(=O)Cc1c(C)n[nH]c1C)c1nc2ccccc2[nH]1. The van der Waals surface area contributed by atoms with Crippen LogP contribution in [0, 0.1) is 13.8 Å². The molecule has 0 saturated carbocycles. The molecule has 0 bridgehead atoms. The summed E-state index contributed by atoms with van der Waals surface area (Å²) >= 11 is 0. The van der Waals surface area contributed by atoms with Crippen LogP contribution in [0.2, 0.25) is 0 Å². The molecule has 120 valence electrons. The molecule has 2 heterocycles. The van der Waals surface area contributed by atoms with Crippen molar-refractivity contribution in [2.24, 2.45) is 0 Å². The van der Waals surface area contributed by atoms with Crippen LogP contribution in [0.3, 0.4) is 0 Å². The van der Waals surface area contributed by atoms with Crippen molar-refractivity contribution < 1.29 is 4.79 Å². The number of para-hydroxylation sites is 2. The van der Waals surface area contributed by atoms with Gasteiger partial charge in [0.15, 0.2) is 0 Å². The average molecular weight is 311 g/mol. The zero-order valence-electron chi connectivity index (χ0n) is 13.6. The number of hydrogen-bond donors (Lipinski definition) is 3. The molecule has 6 heteroatoms. The number of carbonyl (C=O) groups excluding carboxylic acids is 1. The molecular weight excluding hydrogens is 290 g/mol. The predicted molar refractivity (Wildman–Crippen MR) is 89.0 cm³/mol. The van der Waals surface area contributed by atoms with Gasteiger partial charge in [0.1, 0.15) is 5.82 Å². The van der Waals surface area contributed by atoms with Gasteiger partial charge in [-0.05, 0) is 32.4 Å². The van der Waals surface area contributed by atoms with E-state index < -0.39 is 0 Å². The zero-order chi connectivity index (χ0) is 16.4. The number of aryl methyl sites for hydroxylation is 2. The second-order valence-electron chi connectivity index (χ2n) is 5.76. The van der Waals surface area contributed by atoms with E-state index in [1.54, 1.807) is 0 Å². The van der Waals surface area contributed by atoms with E-state index in [4.69, 9.17) is 0 Å². The number of aromatic nitrogens is 4. The van der Waals surface area contributed by atoms with Gasteiger partial charge in [0.2, 0.25) is 5.91 Å². The summed E-state index contributed by atoms with van der Waals surface area (Å²) in [4.78, 5) is 20.2. The van der Waals surface area contributed by atoms with Crippen LogP contribution >= 0.6 is 0 Å². The van der Waals surface area contributed by atoms with Gasteiger partial charge in [-0.3, -0.25) is 9.89 Å². The molecule has 0 spiro atoms. The summed E-state index contributed by atoms with van der Waals surface area (Å²) in [5.41, 5.74) is 4.67. The Kier molecular flexibility index (Phi) is 4.14. The molecular formula is C17H21N5O. The molecule has 0 radical (unpaired) electrons. The first-order valence-electron chi connectivity index (χ1n) is 7.83. The summed E-state index contributed by atoms with van der Waals surface area (Å²) in [5, 5.41) is 10.1. The normalized spacial score (nSPS) is 12.5. The van der Waals surface area contributed by atoms with E-state index in [0.717, 1.165) is 40.2 Å². The van der Waals surface area contributed by atoms with E-state index in [1.165, 1.54) is 0 Å². The molecule has 0 fully saturated rings. The molecule has 0 aliphatic carbocycles. The van der Waals surface area contributed by atoms with Crippen LogP contribution in [0.5, 0.6) is 0 Å². The molecule has 3 aromatic rings. The Labute approximate surface area is 134 Å². The highest BCUT2D eigenvalue weighted by atomic mass is 16.1. The Balaban J connectivity index is 1.75. The second-order valence-corrected chi connectivity index (χ2v) is 5.76. The lowest BCUT2D eigenvalue weighted by atomic mass is 10.1. The first-order chi connectivity index (χ1) is 11.1. The Morgan fingerprint density at radius 1 is 1.30 bits per heavy atom. The van der Waals surface area contributed by atoms with Crippen molar-refractivity contribution in [3.8, 4) is 0 Å². The van der Waals surface area contributed by atoms with Crippen LogP contribution in [-0.2, 0) is 11.2 Å². The minimum atomic E-state index is -0.123. The molecule has 23 heavy (non-hydrogen) atoms. The molecule has 0 aliphatic rings. The molecule has 1 amide bonds. The number of carbonyl (C=O) groups is 1. The lowest BCUT2D eigenvalue weighted by Gasteiger charge is -2.14. The van der Waals surface area contributed by atoms with Crippen molar-refractivity contribution >= 4 is 16.9 Å². The minimum absolute atomic E-state index is 0.0232. The second kappa shape index (κ2) is 6.24. The lowest BCUT2D eigenvalue weighted by molar-refractivity contribution is -0.121. The van der Waals surface area contributed by atoms with Gasteiger partial charge in [0.25, 0.3) is 0 Å². The van der Waals surface area contributed by atoms with E-state index in [9.17, 15) is 4.79 Å². The number of benzene rings is 1. The molecule has 1 atom stereocenters. The molecule has 0 saturated heterocycles. The fraction of sp³-hybridized carbons (Fsp3) is 0.353. The van der Waals surface area contributed by atoms with Crippen LogP contribution < -0.4 is 5.32 Å². The maximum absolute atomic E-state index is 12.4. The summed E-state index contributed by atoms with van der Waals surface area (Å²) in [7, 11) is 0. The van der Waals surface area contributed by atoms with E-state index >= 15 is 0 Å². The Bertz CT molecular complexity index is 780. The Hall–Kier alpha value is -2.63. The summed E-state index contributed by atoms with van der Waals surface area (Å²) in [6.45, 7) is 5.87. The van der Waals surface area contributed by atoms with E-state index in [1.807, 2.05) is 45.0 Å². The molecule has 1 aromatic carbocycles.